The first-order valence-electron chi connectivity index (χ1n) is 6.94. The van der Waals surface area contributed by atoms with Crippen molar-refractivity contribution in [2.75, 3.05) is 45.6 Å². The molecule has 1 aliphatic rings. The molecule has 0 aromatic carbocycles. The highest BCUT2D eigenvalue weighted by Gasteiger charge is 2.22. The maximum absolute atomic E-state index is 11.3. The molecule has 1 unspecified atom stereocenters. The van der Waals surface area contributed by atoms with Gasteiger partial charge in [-0.15, -0.1) is 0 Å². The maximum atomic E-state index is 11.3. The summed E-state index contributed by atoms with van der Waals surface area (Å²) in [5, 5.41) is 3.27. The number of rotatable bonds is 4. The molecule has 6 heteroatoms. The van der Waals surface area contributed by atoms with Gasteiger partial charge in [0.2, 0.25) is 5.95 Å². The average Bonchev–Trinajstić information content (AvgIpc) is 2.39. The van der Waals surface area contributed by atoms with Crippen LogP contribution in [0.5, 0.6) is 0 Å². The average molecular weight is 277 g/mol. The first-order valence-corrected chi connectivity index (χ1v) is 6.94. The third-order valence-corrected chi connectivity index (χ3v) is 3.83. The zero-order valence-corrected chi connectivity index (χ0v) is 12.7. The molecular formula is C14H23N5O. The van der Waals surface area contributed by atoms with Gasteiger partial charge in [0.15, 0.2) is 5.78 Å². The fourth-order valence-corrected chi connectivity index (χ4v) is 2.43. The van der Waals surface area contributed by atoms with E-state index in [-0.39, 0.29) is 5.78 Å². The van der Waals surface area contributed by atoms with Gasteiger partial charge in [-0.25, -0.2) is 9.97 Å². The summed E-state index contributed by atoms with van der Waals surface area (Å²) in [6.07, 6.45) is 1.60. The van der Waals surface area contributed by atoms with Crippen LogP contribution in [0.2, 0.25) is 0 Å². The molecule has 6 nitrogen and oxygen atoms in total. The Hall–Kier alpha value is -1.53. The number of anilines is 1. The lowest BCUT2D eigenvalue weighted by Crippen LogP contribution is -2.52. The molecule has 1 saturated heterocycles. The first kappa shape index (κ1) is 14.9. The van der Waals surface area contributed by atoms with E-state index in [9.17, 15) is 4.79 Å². The van der Waals surface area contributed by atoms with Crippen LogP contribution in [0.1, 0.15) is 23.0 Å². The van der Waals surface area contributed by atoms with E-state index in [0.717, 1.165) is 31.9 Å². The summed E-state index contributed by atoms with van der Waals surface area (Å²) in [7, 11) is 4.28. The number of ketones is 1. The number of Topliss-reactive ketones (excluding diaryl/α,β-unsaturated/α-hetero) is 1. The summed E-state index contributed by atoms with van der Waals surface area (Å²) in [5.41, 5.74) is 1.31. The third kappa shape index (κ3) is 3.52. The van der Waals surface area contributed by atoms with E-state index >= 15 is 0 Å². The van der Waals surface area contributed by atoms with E-state index in [1.807, 2.05) is 6.92 Å². The van der Waals surface area contributed by atoms with Crippen molar-refractivity contribution < 1.29 is 4.79 Å². The Morgan fingerprint density at radius 1 is 1.45 bits per heavy atom. The minimum absolute atomic E-state index is 0.00249. The molecule has 0 spiro atoms. The standard InChI is InChI=1S/C14H23N5O/c1-10-13(11(2)20)8-16-14(17-10)15-7-12-9-18(3)5-6-19(12)4/h8,12H,5-7,9H2,1-4H3,(H,15,16,17). The Labute approximate surface area is 120 Å². The smallest absolute Gasteiger partial charge is 0.222 e. The highest BCUT2D eigenvalue weighted by atomic mass is 16.1. The molecule has 2 rings (SSSR count). The Kier molecular flexibility index (Phi) is 4.67. The van der Waals surface area contributed by atoms with Gasteiger partial charge < -0.3 is 10.2 Å². The Morgan fingerprint density at radius 2 is 2.20 bits per heavy atom. The van der Waals surface area contributed by atoms with Crippen LogP contribution in [0.4, 0.5) is 5.95 Å². The van der Waals surface area contributed by atoms with Crippen molar-refractivity contribution in [1.82, 2.24) is 19.8 Å². The van der Waals surface area contributed by atoms with Crippen LogP contribution in [0, 0.1) is 6.92 Å². The van der Waals surface area contributed by atoms with E-state index in [2.05, 4.69) is 39.2 Å². The van der Waals surface area contributed by atoms with E-state index in [1.165, 1.54) is 6.92 Å². The number of carbonyl (C=O) groups is 1. The zero-order valence-electron chi connectivity index (χ0n) is 12.7. The van der Waals surface area contributed by atoms with Crippen molar-refractivity contribution in [2.24, 2.45) is 0 Å². The van der Waals surface area contributed by atoms with E-state index in [0.29, 0.717) is 17.6 Å². The maximum Gasteiger partial charge on any atom is 0.222 e. The van der Waals surface area contributed by atoms with Gasteiger partial charge in [0.05, 0.1) is 11.3 Å². The Balaban J connectivity index is 1.97. The molecule has 0 bridgehead atoms. The minimum Gasteiger partial charge on any atom is -0.353 e. The number of aryl methyl sites for hydroxylation is 1. The molecule has 1 aromatic rings. The predicted octanol–water partition coefficient (Wildman–Crippen LogP) is 0.645. The van der Waals surface area contributed by atoms with Crippen molar-refractivity contribution in [2.45, 2.75) is 19.9 Å². The second-order valence-electron chi connectivity index (χ2n) is 5.53. The molecule has 0 saturated carbocycles. The van der Waals surface area contributed by atoms with Gasteiger partial charge in [0.25, 0.3) is 0 Å². The monoisotopic (exact) mass is 277 g/mol. The fourth-order valence-electron chi connectivity index (χ4n) is 2.43. The molecule has 1 aromatic heterocycles. The van der Waals surface area contributed by atoms with E-state index < -0.39 is 0 Å². The second kappa shape index (κ2) is 6.28. The van der Waals surface area contributed by atoms with Crippen LogP contribution in [-0.2, 0) is 0 Å². The molecule has 0 amide bonds. The van der Waals surface area contributed by atoms with Crippen molar-refractivity contribution >= 4 is 11.7 Å². The number of carbonyl (C=O) groups excluding carboxylic acids is 1. The van der Waals surface area contributed by atoms with Gasteiger partial charge >= 0.3 is 0 Å². The summed E-state index contributed by atoms with van der Waals surface area (Å²) < 4.78 is 0. The molecule has 110 valence electrons. The quantitative estimate of drug-likeness (QED) is 0.815. The van der Waals surface area contributed by atoms with Crippen LogP contribution in [0.3, 0.4) is 0 Å². The van der Waals surface area contributed by atoms with Crippen molar-refractivity contribution in [3.05, 3.63) is 17.5 Å². The molecule has 20 heavy (non-hydrogen) atoms. The van der Waals surface area contributed by atoms with Gasteiger partial charge in [-0.2, -0.15) is 0 Å². The lowest BCUT2D eigenvalue weighted by molar-refractivity contribution is 0.101. The number of nitrogens with zero attached hydrogens (tertiary/aromatic N) is 4. The Bertz CT molecular complexity index is 490. The lowest BCUT2D eigenvalue weighted by atomic mass is 10.2. The van der Waals surface area contributed by atoms with Crippen LogP contribution in [-0.4, -0.2) is 71.9 Å². The summed E-state index contributed by atoms with van der Waals surface area (Å²) in [5.74, 6) is 0.594. The van der Waals surface area contributed by atoms with Gasteiger partial charge in [0.1, 0.15) is 0 Å². The van der Waals surface area contributed by atoms with Crippen LogP contribution in [0.15, 0.2) is 6.20 Å². The number of likely N-dealkylation sites (N-methyl/N-ethyl adjacent to an activating group) is 2. The Morgan fingerprint density at radius 3 is 2.85 bits per heavy atom. The second-order valence-corrected chi connectivity index (χ2v) is 5.53. The molecule has 1 atom stereocenters. The summed E-state index contributed by atoms with van der Waals surface area (Å²) in [6, 6.07) is 0.449. The summed E-state index contributed by atoms with van der Waals surface area (Å²) >= 11 is 0. The van der Waals surface area contributed by atoms with Crippen molar-refractivity contribution in [3.8, 4) is 0 Å². The highest BCUT2D eigenvalue weighted by Crippen LogP contribution is 2.10. The highest BCUT2D eigenvalue weighted by molar-refractivity contribution is 5.94. The molecule has 1 fully saturated rings. The molecule has 0 aliphatic carbocycles. The van der Waals surface area contributed by atoms with Crippen LogP contribution in [0.25, 0.3) is 0 Å². The molecule has 1 aliphatic heterocycles. The number of hydrogen-bond donors (Lipinski definition) is 1. The lowest BCUT2D eigenvalue weighted by Gasteiger charge is -2.37. The van der Waals surface area contributed by atoms with E-state index in [1.54, 1.807) is 6.20 Å². The number of hydrogen-bond acceptors (Lipinski definition) is 6. The molecular weight excluding hydrogens is 254 g/mol. The topological polar surface area (TPSA) is 61.4 Å². The predicted molar refractivity (Wildman–Crippen MR) is 79.2 cm³/mol. The number of nitrogens with one attached hydrogen (secondary N) is 1. The number of aromatic nitrogens is 2. The number of piperazine rings is 1. The third-order valence-electron chi connectivity index (χ3n) is 3.83. The minimum atomic E-state index is 0.00249. The van der Waals surface area contributed by atoms with Gasteiger partial charge in [-0.3, -0.25) is 9.69 Å². The molecule has 2 heterocycles. The fraction of sp³-hybridized carbons (Fsp3) is 0.643. The van der Waals surface area contributed by atoms with Crippen molar-refractivity contribution in [1.29, 1.82) is 0 Å². The largest absolute Gasteiger partial charge is 0.353 e. The van der Waals surface area contributed by atoms with Gasteiger partial charge in [0, 0.05) is 38.4 Å². The SMILES string of the molecule is CC(=O)c1cnc(NCC2CN(C)CCN2C)nc1C. The van der Waals surface area contributed by atoms with Crippen LogP contribution < -0.4 is 5.32 Å². The van der Waals surface area contributed by atoms with Gasteiger partial charge in [-0.05, 0) is 27.9 Å². The molecule has 0 radical (unpaired) electrons. The first-order chi connectivity index (χ1) is 9.47. The summed E-state index contributed by atoms with van der Waals surface area (Å²) in [4.78, 5) is 24.6. The molecule has 1 N–H and O–H groups in total. The van der Waals surface area contributed by atoms with Crippen molar-refractivity contribution in [3.63, 3.8) is 0 Å². The summed E-state index contributed by atoms with van der Waals surface area (Å²) in [6.45, 7) is 7.39. The van der Waals surface area contributed by atoms with E-state index in [4.69, 9.17) is 0 Å². The zero-order chi connectivity index (χ0) is 14.7. The van der Waals surface area contributed by atoms with Crippen LogP contribution >= 0.6 is 0 Å². The van der Waals surface area contributed by atoms with Gasteiger partial charge in [-0.1, -0.05) is 0 Å². The normalized spacial score (nSPS) is 20.9.